The summed E-state index contributed by atoms with van der Waals surface area (Å²) in [7, 11) is 0. The van der Waals surface area contributed by atoms with Gasteiger partial charge in [0, 0.05) is 30.6 Å². The molecule has 0 heterocycles. The molecule has 0 amide bonds. The highest BCUT2D eigenvalue weighted by Crippen LogP contribution is 2.40. The second kappa shape index (κ2) is 35.0. The topological polar surface area (TPSA) is 64.6 Å². The minimum absolute atomic E-state index is 0. The fraction of sp³-hybridized carbons (Fsp3) is 0.614. The predicted molar refractivity (Wildman–Crippen MR) is 277 cm³/mol. The summed E-state index contributed by atoms with van der Waals surface area (Å²) in [4.78, 5) is 27.4. The number of fused-ring (bicyclic) bond motifs is 1. The Balaban J connectivity index is 0.0000137. The zero-order chi connectivity index (χ0) is 44.5. The lowest BCUT2D eigenvalue weighted by atomic mass is 9.97. The van der Waals surface area contributed by atoms with Gasteiger partial charge in [0.25, 0.3) is 5.79 Å². The van der Waals surface area contributed by atoms with Gasteiger partial charge in [-0.05, 0) is 118 Å². The Morgan fingerprint density at radius 3 is 1.40 bits per heavy atom. The molecular weight excluding hydrogens is 843 g/mol. The molecule has 0 aliphatic rings. The van der Waals surface area contributed by atoms with E-state index in [4.69, 9.17) is 9.47 Å². The lowest BCUT2D eigenvalue weighted by Crippen LogP contribution is -2.37. The number of carbonyl (C=O) groups excluding carboxylic acids is 2. The molecule has 0 fully saturated rings. The molecule has 0 spiro atoms. The Morgan fingerprint density at radius 1 is 0.508 bits per heavy atom. The Hall–Kier alpha value is -3.38. The van der Waals surface area contributed by atoms with E-state index < -0.39 is 5.79 Å². The molecule has 63 heavy (non-hydrogen) atoms. The predicted octanol–water partition coefficient (Wildman–Crippen LogP) is 18.5. The first kappa shape index (κ1) is 55.8. The third-order valence-electron chi connectivity index (χ3n) is 12.5. The smallest absolute Gasteiger partial charge is 0.309 e. The van der Waals surface area contributed by atoms with Crippen molar-refractivity contribution in [2.24, 2.45) is 0 Å². The van der Waals surface area contributed by atoms with E-state index in [1.165, 1.54) is 114 Å². The first-order chi connectivity index (χ1) is 30.3. The molecule has 0 aliphatic heterocycles. The highest BCUT2D eigenvalue weighted by Gasteiger charge is 2.41. The van der Waals surface area contributed by atoms with Crippen LogP contribution in [0.4, 0.5) is 11.4 Å². The zero-order valence-corrected chi connectivity index (χ0v) is 42.3. The molecule has 0 saturated carbocycles. The fourth-order valence-electron chi connectivity index (χ4n) is 8.45. The van der Waals surface area contributed by atoms with Gasteiger partial charge >= 0.3 is 11.9 Å². The minimum atomic E-state index is -1.54. The number of hydrogen-bond acceptors (Lipinski definition) is 5. The maximum atomic E-state index is 13.7. The van der Waals surface area contributed by atoms with Crippen LogP contribution in [-0.4, -0.2) is 11.9 Å². The van der Waals surface area contributed by atoms with Gasteiger partial charge in [-0.25, -0.2) is 0 Å². The van der Waals surface area contributed by atoms with E-state index in [0.717, 1.165) is 86.5 Å². The standard InChI is InChI=1S/C57H87NO4.BrH/c1-6-9-11-13-15-17-19-21-23-25-27-29-31-33-35-45-55(59)61-57(8-3,62-56(60)46-36-34-32-30-28-26-24-22-20-18-16-14-12-10-7-2)52-43-39-40-44-53(52)58-54-47-50-41-37-38-42-51(50)48(4)49(54)5;/h21-24,37-44,47,58H,6-20,25-36,45-46H2,1-5H3;1H/b23-21-,24-22-;. The molecule has 0 bridgehead atoms. The second-order valence-corrected chi connectivity index (χ2v) is 17.8. The summed E-state index contributed by atoms with van der Waals surface area (Å²) >= 11 is 0. The SMILES string of the molecule is Br.CCCCCCCC/C=C\CCCCCCCC(=O)OC(CC)(OC(=O)CCCCCCC/C=C\CCCCCCCC)c1ccccc1Nc1cc2ccccc2c(C)c1C. The third kappa shape index (κ3) is 22.4. The molecule has 3 rings (SSSR count). The first-order valence-corrected chi connectivity index (χ1v) is 25.4. The van der Waals surface area contributed by atoms with Gasteiger partial charge in [-0.3, -0.25) is 9.59 Å². The molecule has 5 nitrogen and oxygen atoms in total. The molecule has 0 saturated heterocycles. The molecule has 0 aromatic heterocycles. The van der Waals surface area contributed by atoms with Crippen LogP contribution in [0.5, 0.6) is 0 Å². The molecule has 3 aromatic carbocycles. The molecule has 6 heteroatoms. The summed E-state index contributed by atoms with van der Waals surface area (Å²) < 4.78 is 12.7. The maximum absolute atomic E-state index is 13.7. The number of hydrogen-bond donors (Lipinski definition) is 1. The number of para-hydroxylation sites is 1. The number of esters is 2. The summed E-state index contributed by atoms with van der Waals surface area (Å²) in [6.07, 6.45) is 41.5. The molecule has 0 radical (unpaired) electrons. The summed E-state index contributed by atoms with van der Waals surface area (Å²) in [6.45, 7) is 10.8. The van der Waals surface area contributed by atoms with E-state index in [2.05, 4.69) is 87.6 Å². The Morgan fingerprint density at radius 2 is 0.921 bits per heavy atom. The summed E-state index contributed by atoms with van der Waals surface area (Å²) in [5.41, 5.74) is 4.74. The van der Waals surface area contributed by atoms with Crippen LogP contribution in [0.15, 0.2) is 78.9 Å². The van der Waals surface area contributed by atoms with Crippen molar-refractivity contribution in [2.75, 3.05) is 5.32 Å². The quantitative estimate of drug-likeness (QED) is 0.0272. The average molecular weight is 931 g/mol. The molecule has 0 atom stereocenters. The van der Waals surface area contributed by atoms with E-state index in [9.17, 15) is 9.59 Å². The van der Waals surface area contributed by atoms with Crippen molar-refractivity contribution in [3.8, 4) is 0 Å². The number of ether oxygens (including phenoxy) is 2. The molecular formula is C57H88BrNO4. The fourth-order valence-corrected chi connectivity index (χ4v) is 8.45. The molecule has 3 aromatic rings. The van der Waals surface area contributed by atoms with Crippen LogP contribution in [-0.2, 0) is 24.8 Å². The zero-order valence-electron chi connectivity index (χ0n) is 40.6. The van der Waals surface area contributed by atoms with Crippen LogP contribution < -0.4 is 5.32 Å². The maximum Gasteiger partial charge on any atom is 0.309 e. The number of nitrogens with one attached hydrogen (secondary N) is 1. The molecule has 1 N–H and O–H groups in total. The number of anilines is 2. The van der Waals surface area contributed by atoms with Crippen LogP contribution >= 0.6 is 17.0 Å². The monoisotopic (exact) mass is 930 g/mol. The largest absolute Gasteiger partial charge is 0.418 e. The van der Waals surface area contributed by atoms with Gasteiger partial charge in [-0.15, -0.1) is 17.0 Å². The number of allylic oxidation sites excluding steroid dienone is 4. The number of benzene rings is 3. The molecule has 0 unspecified atom stereocenters. The van der Waals surface area contributed by atoms with E-state index >= 15 is 0 Å². The molecule has 352 valence electrons. The van der Waals surface area contributed by atoms with Gasteiger partial charge in [0.1, 0.15) is 0 Å². The van der Waals surface area contributed by atoms with E-state index in [1.807, 2.05) is 31.2 Å². The van der Waals surface area contributed by atoms with Crippen molar-refractivity contribution < 1.29 is 19.1 Å². The molecule has 0 aliphatic carbocycles. The Bertz CT molecular complexity index is 1680. The highest BCUT2D eigenvalue weighted by atomic mass is 79.9. The van der Waals surface area contributed by atoms with E-state index in [0.29, 0.717) is 24.8 Å². The van der Waals surface area contributed by atoms with E-state index in [-0.39, 0.29) is 28.9 Å². The number of halogens is 1. The van der Waals surface area contributed by atoms with Crippen LogP contribution in [0, 0.1) is 13.8 Å². The van der Waals surface area contributed by atoms with Gasteiger partial charge in [0.15, 0.2) is 0 Å². The normalized spacial score (nSPS) is 11.7. The summed E-state index contributed by atoms with van der Waals surface area (Å²) in [5, 5.41) is 6.04. The Kier molecular flexibility index (Phi) is 30.9. The van der Waals surface area contributed by atoms with Crippen LogP contribution in [0.2, 0.25) is 0 Å². The number of unbranched alkanes of at least 4 members (excludes halogenated alkanes) is 22. The summed E-state index contributed by atoms with van der Waals surface area (Å²) in [6, 6.07) is 18.4. The van der Waals surface area contributed by atoms with Crippen LogP contribution in [0.3, 0.4) is 0 Å². The van der Waals surface area contributed by atoms with Gasteiger partial charge in [-0.2, -0.15) is 0 Å². The minimum Gasteiger partial charge on any atom is -0.418 e. The third-order valence-corrected chi connectivity index (χ3v) is 12.5. The van der Waals surface area contributed by atoms with Crippen molar-refractivity contribution in [3.63, 3.8) is 0 Å². The van der Waals surface area contributed by atoms with Gasteiger partial charge in [0.2, 0.25) is 0 Å². The lowest BCUT2D eigenvalue weighted by Gasteiger charge is -2.34. The van der Waals surface area contributed by atoms with Gasteiger partial charge < -0.3 is 14.8 Å². The van der Waals surface area contributed by atoms with Crippen molar-refractivity contribution in [3.05, 3.63) is 95.6 Å². The summed E-state index contributed by atoms with van der Waals surface area (Å²) in [5.74, 6) is -2.20. The van der Waals surface area contributed by atoms with E-state index in [1.54, 1.807) is 0 Å². The van der Waals surface area contributed by atoms with Crippen molar-refractivity contribution >= 4 is 51.1 Å². The lowest BCUT2D eigenvalue weighted by molar-refractivity contribution is -0.236. The van der Waals surface area contributed by atoms with Gasteiger partial charge in [-0.1, -0.05) is 184 Å². The average Bonchev–Trinajstić information content (AvgIpc) is 3.28. The highest BCUT2D eigenvalue weighted by molar-refractivity contribution is 8.93. The van der Waals surface area contributed by atoms with Gasteiger partial charge in [0.05, 0.1) is 5.56 Å². The van der Waals surface area contributed by atoms with Crippen molar-refractivity contribution in [1.82, 2.24) is 0 Å². The van der Waals surface area contributed by atoms with Crippen molar-refractivity contribution in [2.45, 2.75) is 227 Å². The second-order valence-electron chi connectivity index (χ2n) is 17.8. The van der Waals surface area contributed by atoms with Crippen LogP contribution in [0.25, 0.3) is 10.8 Å². The number of rotatable bonds is 36. The Labute approximate surface area is 395 Å². The number of aryl methyl sites for hydroxylation is 1. The van der Waals surface area contributed by atoms with Crippen molar-refractivity contribution in [1.29, 1.82) is 0 Å². The van der Waals surface area contributed by atoms with Crippen LogP contribution in [0.1, 0.15) is 224 Å². The first-order valence-electron chi connectivity index (χ1n) is 25.4. The number of carbonyl (C=O) groups is 2.